The van der Waals surface area contributed by atoms with Gasteiger partial charge >= 0.3 is 6.36 Å². The molecule has 0 radical (unpaired) electrons. The molecule has 1 aromatic heterocycles. The number of hydrogen-bond acceptors (Lipinski definition) is 2. The summed E-state index contributed by atoms with van der Waals surface area (Å²) in [5, 5.41) is 0. The molecule has 2 rings (SSSR count). The summed E-state index contributed by atoms with van der Waals surface area (Å²) in [4.78, 5) is 6.74. The third-order valence-electron chi connectivity index (χ3n) is 1.82. The first-order valence-corrected chi connectivity index (χ1v) is 5.17. The van der Waals surface area contributed by atoms with Crippen molar-refractivity contribution in [2.45, 2.75) is 27.1 Å². The topological polar surface area (TPSA) is 37.9 Å². The number of aromatic amines is 1. The second-order valence-electron chi connectivity index (χ2n) is 3.02. The number of fused-ring (bicyclic) bond motifs is 1. The Hall–Kier alpha value is -1.72. The number of halogens is 3. The van der Waals surface area contributed by atoms with Crippen LogP contribution in [0.1, 0.15) is 19.7 Å². The number of hydrogen-bond donors (Lipinski definition) is 1. The van der Waals surface area contributed by atoms with Crippen molar-refractivity contribution < 1.29 is 17.9 Å². The minimum atomic E-state index is -4.69. The Morgan fingerprint density at radius 3 is 2.47 bits per heavy atom. The third kappa shape index (κ3) is 3.37. The number of aromatic nitrogens is 2. The van der Waals surface area contributed by atoms with E-state index in [-0.39, 0.29) is 11.3 Å². The Labute approximate surface area is 96.6 Å². The smallest absolute Gasteiger partial charge is 0.403 e. The fraction of sp³-hybridized carbons (Fsp3) is 0.364. The highest BCUT2D eigenvalue weighted by Gasteiger charge is 2.32. The van der Waals surface area contributed by atoms with E-state index in [1.54, 1.807) is 13.0 Å². The number of benzene rings is 1. The number of ether oxygens (including phenoxy) is 1. The van der Waals surface area contributed by atoms with E-state index in [1.807, 2.05) is 13.8 Å². The molecule has 0 aliphatic carbocycles. The molecule has 0 amide bonds. The Morgan fingerprint density at radius 1 is 1.24 bits per heavy atom. The van der Waals surface area contributed by atoms with E-state index in [2.05, 4.69) is 14.7 Å². The fourth-order valence-electron chi connectivity index (χ4n) is 1.34. The van der Waals surface area contributed by atoms with Crippen molar-refractivity contribution in [3.8, 4) is 5.75 Å². The molecule has 0 aliphatic heterocycles. The summed E-state index contributed by atoms with van der Waals surface area (Å²) in [5.74, 6) is 0.257. The Morgan fingerprint density at radius 2 is 1.88 bits per heavy atom. The van der Waals surface area contributed by atoms with E-state index in [0.29, 0.717) is 11.3 Å². The lowest BCUT2D eigenvalue weighted by Crippen LogP contribution is -2.17. The second-order valence-corrected chi connectivity index (χ2v) is 3.02. The van der Waals surface area contributed by atoms with Gasteiger partial charge in [-0.3, -0.25) is 0 Å². The number of imidazole rings is 1. The summed E-state index contributed by atoms with van der Waals surface area (Å²) in [6.07, 6.45) is -4.69. The molecule has 0 aliphatic rings. The number of aryl methyl sites for hydroxylation is 1. The molecule has 0 fully saturated rings. The maximum atomic E-state index is 12.0. The molecular formula is C11H13F3N2O. The van der Waals surface area contributed by atoms with E-state index in [4.69, 9.17) is 0 Å². The predicted molar refractivity (Wildman–Crippen MR) is 58.9 cm³/mol. The average molecular weight is 246 g/mol. The lowest BCUT2D eigenvalue weighted by molar-refractivity contribution is -0.274. The first-order chi connectivity index (χ1) is 7.96. The molecule has 17 heavy (non-hydrogen) atoms. The summed E-state index contributed by atoms with van der Waals surface area (Å²) in [6, 6.07) is 4.34. The van der Waals surface area contributed by atoms with Gasteiger partial charge in [0.2, 0.25) is 0 Å². The van der Waals surface area contributed by atoms with E-state index in [1.165, 1.54) is 12.1 Å². The van der Waals surface area contributed by atoms with Gasteiger partial charge in [-0.2, -0.15) is 0 Å². The largest absolute Gasteiger partial charge is 0.573 e. The molecule has 0 saturated carbocycles. The van der Waals surface area contributed by atoms with Gasteiger partial charge in [-0.15, -0.1) is 13.2 Å². The summed E-state index contributed by atoms with van der Waals surface area (Å²) >= 11 is 0. The summed E-state index contributed by atoms with van der Waals surface area (Å²) in [5.41, 5.74) is 0.710. The maximum Gasteiger partial charge on any atom is 0.573 e. The summed E-state index contributed by atoms with van der Waals surface area (Å²) in [7, 11) is 0. The van der Waals surface area contributed by atoms with Crippen LogP contribution in [0.5, 0.6) is 5.75 Å². The van der Waals surface area contributed by atoms with Crippen molar-refractivity contribution >= 4 is 11.0 Å². The van der Waals surface area contributed by atoms with E-state index in [9.17, 15) is 13.2 Å². The zero-order valence-corrected chi connectivity index (χ0v) is 9.72. The molecule has 0 bridgehead atoms. The molecule has 6 heteroatoms. The van der Waals surface area contributed by atoms with Gasteiger partial charge in [-0.25, -0.2) is 4.98 Å². The van der Waals surface area contributed by atoms with Gasteiger partial charge in [0.25, 0.3) is 0 Å². The first kappa shape index (κ1) is 13.3. The van der Waals surface area contributed by atoms with Crippen molar-refractivity contribution in [1.29, 1.82) is 0 Å². The zero-order valence-electron chi connectivity index (χ0n) is 9.72. The van der Waals surface area contributed by atoms with Crippen LogP contribution in [0.3, 0.4) is 0 Å². The first-order valence-electron chi connectivity index (χ1n) is 5.17. The monoisotopic (exact) mass is 246 g/mol. The fourth-order valence-corrected chi connectivity index (χ4v) is 1.34. The van der Waals surface area contributed by atoms with Crippen molar-refractivity contribution in [3.05, 3.63) is 24.0 Å². The SMILES string of the molecule is CC.Cc1nc2c(OC(F)(F)F)cccc2[nH]1. The molecule has 3 nitrogen and oxygen atoms in total. The van der Waals surface area contributed by atoms with Crippen molar-refractivity contribution in [1.82, 2.24) is 9.97 Å². The zero-order chi connectivity index (χ0) is 13.1. The minimum absolute atomic E-state index is 0.187. The third-order valence-corrected chi connectivity index (χ3v) is 1.82. The van der Waals surface area contributed by atoms with Crippen LogP contribution in [0.2, 0.25) is 0 Å². The van der Waals surface area contributed by atoms with Crippen LogP contribution in [0.4, 0.5) is 13.2 Å². The normalized spacial score (nSPS) is 10.9. The molecule has 94 valence electrons. The van der Waals surface area contributed by atoms with E-state index in [0.717, 1.165) is 0 Å². The van der Waals surface area contributed by atoms with Gasteiger partial charge < -0.3 is 9.72 Å². The van der Waals surface area contributed by atoms with Crippen LogP contribution in [-0.2, 0) is 0 Å². The molecular weight excluding hydrogens is 233 g/mol. The number of para-hydroxylation sites is 1. The maximum absolute atomic E-state index is 12.0. The Balaban J connectivity index is 0.000000686. The number of alkyl halides is 3. The lowest BCUT2D eigenvalue weighted by atomic mass is 10.3. The molecule has 2 aromatic rings. The average Bonchev–Trinajstić information content (AvgIpc) is 2.60. The van der Waals surface area contributed by atoms with Crippen LogP contribution in [0, 0.1) is 6.92 Å². The molecule has 0 spiro atoms. The Bertz CT molecular complexity index is 491. The van der Waals surface area contributed by atoms with Crippen molar-refractivity contribution in [2.75, 3.05) is 0 Å². The summed E-state index contributed by atoms with van der Waals surface area (Å²) in [6.45, 7) is 5.66. The van der Waals surface area contributed by atoms with Crippen LogP contribution in [-0.4, -0.2) is 16.3 Å². The van der Waals surface area contributed by atoms with Gasteiger partial charge in [0.1, 0.15) is 11.3 Å². The quantitative estimate of drug-likeness (QED) is 0.831. The van der Waals surface area contributed by atoms with Crippen LogP contribution in [0.25, 0.3) is 11.0 Å². The van der Waals surface area contributed by atoms with Gasteiger partial charge in [0.15, 0.2) is 5.75 Å². The van der Waals surface area contributed by atoms with Gasteiger partial charge in [-0.05, 0) is 19.1 Å². The van der Waals surface area contributed by atoms with Crippen molar-refractivity contribution in [3.63, 3.8) is 0 Å². The lowest BCUT2D eigenvalue weighted by Gasteiger charge is -2.08. The Kier molecular flexibility index (Phi) is 3.98. The molecule has 1 aromatic carbocycles. The highest BCUT2D eigenvalue weighted by molar-refractivity contribution is 5.81. The highest BCUT2D eigenvalue weighted by Crippen LogP contribution is 2.28. The molecule has 1 heterocycles. The number of H-pyrrole nitrogens is 1. The van der Waals surface area contributed by atoms with Gasteiger partial charge in [0, 0.05) is 0 Å². The number of nitrogens with zero attached hydrogens (tertiary/aromatic N) is 1. The van der Waals surface area contributed by atoms with Crippen molar-refractivity contribution in [2.24, 2.45) is 0 Å². The van der Waals surface area contributed by atoms with Crippen LogP contribution < -0.4 is 4.74 Å². The van der Waals surface area contributed by atoms with Crippen LogP contribution in [0.15, 0.2) is 18.2 Å². The highest BCUT2D eigenvalue weighted by atomic mass is 19.4. The summed E-state index contributed by atoms with van der Waals surface area (Å²) < 4.78 is 39.9. The van der Waals surface area contributed by atoms with Gasteiger partial charge in [-0.1, -0.05) is 19.9 Å². The minimum Gasteiger partial charge on any atom is -0.403 e. The van der Waals surface area contributed by atoms with Crippen LogP contribution >= 0.6 is 0 Å². The molecule has 0 saturated heterocycles. The molecule has 0 atom stereocenters. The molecule has 0 unspecified atom stereocenters. The predicted octanol–water partition coefficient (Wildman–Crippen LogP) is 3.80. The van der Waals surface area contributed by atoms with E-state index >= 15 is 0 Å². The van der Waals surface area contributed by atoms with E-state index < -0.39 is 6.36 Å². The number of nitrogens with one attached hydrogen (secondary N) is 1. The van der Waals surface area contributed by atoms with Gasteiger partial charge in [0.05, 0.1) is 5.52 Å². The standard InChI is InChI=1S/C9H7F3N2O.C2H6/c1-5-13-6-3-2-4-7(8(6)14-5)15-9(10,11)12;1-2/h2-4H,1H3,(H,13,14);1-2H3. The second kappa shape index (κ2) is 5.07. The molecule has 1 N–H and O–H groups in total. The number of rotatable bonds is 1.